The molecule has 2 rings (SSSR count). The van der Waals surface area contributed by atoms with Gasteiger partial charge in [-0.3, -0.25) is 9.59 Å². The Labute approximate surface area is 177 Å². The van der Waals surface area contributed by atoms with Crippen molar-refractivity contribution < 1.29 is 14.3 Å². The van der Waals surface area contributed by atoms with E-state index in [0.717, 1.165) is 11.3 Å². The zero-order valence-electron chi connectivity index (χ0n) is 15.5. The number of carbonyl (C=O) groups excluding carboxylic acids is 2. The monoisotopic (exact) mass is 428 g/mol. The molecule has 28 heavy (non-hydrogen) atoms. The average Bonchev–Trinajstić information content (AvgIpc) is 2.62. The van der Waals surface area contributed by atoms with Gasteiger partial charge in [-0.15, -0.1) is 24.8 Å². The van der Waals surface area contributed by atoms with Gasteiger partial charge in [0, 0.05) is 25.0 Å². The molecular weight excluding hydrogens is 403 g/mol. The summed E-state index contributed by atoms with van der Waals surface area (Å²) in [5, 5.41) is 2.75. The lowest BCUT2D eigenvalue weighted by Crippen LogP contribution is -2.39. The molecule has 0 heterocycles. The minimum atomic E-state index is -0.755. The van der Waals surface area contributed by atoms with Gasteiger partial charge in [-0.25, -0.2) is 0 Å². The topological polar surface area (TPSA) is 111 Å². The summed E-state index contributed by atoms with van der Waals surface area (Å²) < 4.78 is 4.89. The van der Waals surface area contributed by atoms with Gasteiger partial charge in [-0.2, -0.15) is 0 Å². The number of primary amides is 1. The van der Waals surface area contributed by atoms with Crippen molar-refractivity contribution >= 4 is 48.0 Å². The highest BCUT2D eigenvalue weighted by atomic mass is 35.5. The Bertz CT molecular complexity index is 747. The Morgan fingerprint density at radius 3 is 2.39 bits per heavy atom. The zero-order valence-corrected chi connectivity index (χ0v) is 17.2. The van der Waals surface area contributed by atoms with Crippen LogP contribution < -0.4 is 21.7 Å². The van der Waals surface area contributed by atoms with Gasteiger partial charge >= 0.3 is 0 Å². The molecule has 0 fully saturated rings. The smallest absolute Gasteiger partial charge is 0.243 e. The molecule has 0 aliphatic carbocycles. The van der Waals surface area contributed by atoms with Crippen LogP contribution in [-0.4, -0.2) is 38.1 Å². The van der Waals surface area contributed by atoms with Crippen molar-refractivity contribution in [1.29, 1.82) is 0 Å². The van der Waals surface area contributed by atoms with E-state index in [4.69, 9.17) is 16.2 Å². The number of carbonyl (C=O) groups is 2. The molecular formula is C19H26Cl2N4O3. The van der Waals surface area contributed by atoms with Gasteiger partial charge in [0.15, 0.2) is 0 Å². The van der Waals surface area contributed by atoms with Crippen molar-refractivity contribution in [2.45, 2.75) is 12.6 Å². The molecule has 2 aromatic carbocycles. The maximum Gasteiger partial charge on any atom is 0.243 e. The molecule has 0 saturated carbocycles. The average molecular weight is 429 g/mol. The Balaban J connectivity index is 0.00000364. The zero-order chi connectivity index (χ0) is 18.9. The first-order valence-corrected chi connectivity index (χ1v) is 8.22. The van der Waals surface area contributed by atoms with E-state index in [1.165, 1.54) is 7.11 Å². The van der Waals surface area contributed by atoms with Gasteiger partial charge in [0.1, 0.15) is 6.04 Å². The minimum absolute atomic E-state index is 0. The van der Waals surface area contributed by atoms with Gasteiger partial charge in [0.25, 0.3) is 0 Å². The van der Waals surface area contributed by atoms with Gasteiger partial charge in [0.2, 0.25) is 11.8 Å². The summed E-state index contributed by atoms with van der Waals surface area (Å²) in [6, 6.07) is 16.2. The molecule has 1 unspecified atom stereocenters. The highest BCUT2D eigenvalue weighted by molar-refractivity contribution is 5.95. The Morgan fingerprint density at radius 1 is 1.11 bits per heavy atom. The molecule has 0 bridgehead atoms. The standard InChI is InChI=1S/C19H24N4O3.2ClH/c1-26-13-17(20)19(25)22-15-8-5-9-16(10-15)23(12-18(21)24)11-14-6-3-2-4-7-14;;/h2-10,17H,11-13,20H2,1H3,(H2,21,24)(H,22,25);2*1H. The predicted octanol–water partition coefficient (Wildman–Crippen LogP) is 1.93. The van der Waals surface area contributed by atoms with Crippen LogP contribution in [0.15, 0.2) is 54.6 Å². The lowest BCUT2D eigenvalue weighted by molar-refractivity contribution is -0.118. The molecule has 9 heteroatoms. The molecule has 154 valence electrons. The Kier molecular flexibility index (Phi) is 11.9. The number of nitrogens with zero attached hydrogens (tertiary/aromatic N) is 1. The van der Waals surface area contributed by atoms with E-state index < -0.39 is 11.9 Å². The van der Waals surface area contributed by atoms with Crippen LogP contribution in [0.1, 0.15) is 5.56 Å². The molecule has 5 N–H and O–H groups in total. The summed E-state index contributed by atoms with van der Waals surface area (Å²) in [7, 11) is 1.49. The van der Waals surface area contributed by atoms with E-state index in [1.54, 1.807) is 18.2 Å². The van der Waals surface area contributed by atoms with Crippen molar-refractivity contribution in [3.8, 4) is 0 Å². The van der Waals surface area contributed by atoms with Gasteiger partial charge in [-0.1, -0.05) is 36.4 Å². The fourth-order valence-electron chi connectivity index (χ4n) is 2.50. The van der Waals surface area contributed by atoms with Crippen LogP contribution in [0.25, 0.3) is 0 Å². The number of amides is 2. The van der Waals surface area contributed by atoms with Crippen LogP contribution in [-0.2, 0) is 20.9 Å². The Morgan fingerprint density at radius 2 is 1.79 bits per heavy atom. The third-order valence-electron chi connectivity index (χ3n) is 3.72. The fraction of sp³-hybridized carbons (Fsp3) is 0.263. The summed E-state index contributed by atoms with van der Waals surface area (Å²) in [5.41, 5.74) is 13.5. The second-order valence-corrected chi connectivity index (χ2v) is 5.91. The molecule has 0 radical (unpaired) electrons. The van der Waals surface area contributed by atoms with Crippen molar-refractivity contribution in [1.82, 2.24) is 0 Å². The highest BCUT2D eigenvalue weighted by Gasteiger charge is 2.15. The maximum absolute atomic E-state index is 12.0. The summed E-state index contributed by atoms with van der Waals surface area (Å²) in [4.78, 5) is 25.4. The van der Waals surface area contributed by atoms with Crippen LogP contribution in [0.2, 0.25) is 0 Å². The van der Waals surface area contributed by atoms with Crippen molar-refractivity contribution in [2.75, 3.05) is 30.5 Å². The third-order valence-corrected chi connectivity index (χ3v) is 3.72. The molecule has 0 spiro atoms. The predicted molar refractivity (Wildman–Crippen MR) is 116 cm³/mol. The molecule has 0 aliphatic heterocycles. The van der Waals surface area contributed by atoms with Crippen LogP contribution in [0.4, 0.5) is 11.4 Å². The van der Waals surface area contributed by atoms with Crippen molar-refractivity contribution in [2.24, 2.45) is 11.5 Å². The number of anilines is 2. The van der Waals surface area contributed by atoms with Crippen LogP contribution in [0, 0.1) is 0 Å². The molecule has 2 amide bonds. The number of nitrogens with two attached hydrogens (primary N) is 2. The van der Waals surface area contributed by atoms with Crippen molar-refractivity contribution in [3.05, 3.63) is 60.2 Å². The second kappa shape index (κ2) is 13.0. The van der Waals surface area contributed by atoms with Crippen LogP contribution in [0.3, 0.4) is 0 Å². The van der Waals surface area contributed by atoms with Crippen LogP contribution >= 0.6 is 24.8 Å². The van der Waals surface area contributed by atoms with E-state index in [2.05, 4.69) is 5.32 Å². The van der Waals surface area contributed by atoms with Gasteiger partial charge in [0.05, 0.1) is 13.2 Å². The van der Waals surface area contributed by atoms with Gasteiger partial charge < -0.3 is 26.4 Å². The number of ether oxygens (including phenoxy) is 1. The molecule has 7 nitrogen and oxygen atoms in total. The largest absolute Gasteiger partial charge is 0.383 e. The molecule has 2 aromatic rings. The first-order valence-electron chi connectivity index (χ1n) is 8.22. The quantitative estimate of drug-likeness (QED) is 0.564. The lowest BCUT2D eigenvalue weighted by atomic mass is 10.2. The molecule has 1 atom stereocenters. The van der Waals surface area contributed by atoms with Crippen LogP contribution in [0.5, 0.6) is 0 Å². The van der Waals surface area contributed by atoms with Gasteiger partial charge in [-0.05, 0) is 23.8 Å². The molecule has 0 saturated heterocycles. The third kappa shape index (κ3) is 8.14. The van der Waals surface area contributed by atoms with E-state index in [0.29, 0.717) is 12.2 Å². The molecule has 0 aliphatic rings. The number of hydrogen-bond donors (Lipinski definition) is 3. The van der Waals surface area contributed by atoms with E-state index >= 15 is 0 Å². The number of hydrogen-bond acceptors (Lipinski definition) is 5. The summed E-state index contributed by atoms with van der Waals surface area (Å²) in [6.07, 6.45) is 0. The fourth-order valence-corrected chi connectivity index (χ4v) is 2.50. The minimum Gasteiger partial charge on any atom is -0.383 e. The van der Waals surface area contributed by atoms with E-state index in [-0.39, 0.29) is 43.9 Å². The number of rotatable bonds is 9. The first kappa shape index (κ1) is 25.7. The lowest BCUT2D eigenvalue weighted by Gasteiger charge is -2.24. The van der Waals surface area contributed by atoms with E-state index in [1.807, 2.05) is 41.3 Å². The maximum atomic E-state index is 12.0. The number of methoxy groups -OCH3 is 1. The Hall–Kier alpha value is -2.32. The first-order chi connectivity index (χ1) is 12.5. The number of nitrogens with one attached hydrogen (secondary N) is 1. The highest BCUT2D eigenvalue weighted by Crippen LogP contribution is 2.21. The number of benzene rings is 2. The summed E-state index contributed by atoms with van der Waals surface area (Å²) in [6.45, 7) is 0.715. The second-order valence-electron chi connectivity index (χ2n) is 5.91. The SMILES string of the molecule is COCC(N)C(=O)Nc1cccc(N(CC(N)=O)Cc2ccccc2)c1.Cl.Cl. The molecule has 0 aromatic heterocycles. The van der Waals surface area contributed by atoms with E-state index in [9.17, 15) is 9.59 Å². The van der Waals surface area contributed by atoms with Crippen molar-refractivity contribution in [3.63, 3.8) is 0 Å². The number of halogens is 2. The summed E-state index contributed by atoms with van der Waals surface area (Å²) >= 11 is 0. The summed E-state index contributed by atoms with van der Waals surface area (Å²) in [5.74, 6) is -0.772. The normalized spacial score (nSPS) is 10.8.